The maximum absolute atomic E-state index is 5.11. The topological polar surface area (TPSA) is 42.3 Å². The van der Waals surface area contributed by atoms with E-state index >= 15 is 0 Å². The van der Waals surface area contributed by atoms with Crippen LogP contribution in [0.15, 0.2) is 36.4 Å². The van der Waals surface area contributed by atoms with E-state index in [0.717, 1.165) is 32.1 Å². The molecule has 0 fully saturated rings. The first-order valence-corrected chi connectivity index (χ1v) is 21.0. The first-order valence-electron chi connectivity index (χ1n) is 14.1. The van der Waals surface area contributed by atoms with E-state index < -0.39 is 16.5 Å². The molecule has 0 saturated heterocycles. The van der Waals surface area contributed by atoms with Gasteiger partial charge in [-0.1, -0.05) is 162 Å². The summed E-state index contributed by atoms with van der Waals surface area (Å²) in [6.45, 7) is 27.1. The number of hydrogen-bond acceptors (Lipinski definition) is 0. The summed E-state index contributed by atoms with van der Waals surface area (Å²) in [6, 6.07) is 13.7. The SMILES string of the molecule is CCc1cccc(CC)c1[N-]C(C)CC(C)[N-]c1c(CC)cccc1CC.C[Si](C)(C)[N-][Si](C)(C)C.[Zn]. The third-order valence-corrected chi connectivity index (χ3v) is 11.3. The third-order valence-electron chi connectivity index (χ3n) is 5.98. The predicted octanol–water partition coefficient (Wildman–Crippen LogP) is 10.8. The molecule has 206 valence electrons. The Kier molecular flexibility index (Phi) is 16.5. The largest absolute Gasteiger partial charge is 0.681 e. The molecule has 0 radical (unpaired) electrons. The van der Waals surface area contributed by atoms with Gasteiger partial charge in [0.15, 0.2) is 0 Å². The van der Waals surface area contributed by atoms with Gasteiger partial charge in [-0.15, -0.1) is 23.5 Å². The predicted molar refractivity (Wildman–Crippen MR) is 170 cm³/mol. The average Bonchev–Trinajstić information content (AvgIpc) is 2.77. The summed E-state index contributed by atoms with van der Waals surface area (Å²) in [5, 5.41) is 10.2. The molecular formula is C31H54N3Si2Zn-3. The summed E-state index contributed by atoms with van der Waals surface area (Å²) in [5.74, 6) is 0. The van der Waals surface area contributed by atoms with E-state index in [0.29, 0.717) is 0 Å². The summed E-state index contributed by atoms with van der Waals surface area (Å²) in [5.41, 5.74) is 7.85. The van der Waals surface area contributed by atoms with Gasteiger partial charge < -0.3 is 15.3 Å². The number of benzene rings is 2. The summed E-state index contributed by atoms with van der Waals surface area (Å²) in [7, 11) is -2.21. The Morgan fingerprint density at radius 3 is 1.03 bits per heavy atom. The van der Waals surface area contributed by atoms with E-state index in [-0.39, 0.29) is 31.6 Å². The van der Waals surface area contributed by atoms with Crippen molar-refractivity contribution in [3.63, 3.8) is 0 Å². The Morgan fingerprint density at radius 2 is 0.838 bits per heavy atom. The zero-order valence-electron chi connectivity index (χ0n) is 26.2. The second-order valence-electron chi connectivity index (χ2n) is 11.9. The van der Waals surface area contributed by atoms with Crippen LogP contribution < -0.4 is 0 Å². The second kappa shape index (κ2) is 16.9. The van der Waals surface area contributed by atoms with Crippen LogP contribution in [0.5, 0.6) is 0 Å². The van der Waals surface area contributed by atoms with Crippen molar-refractivity contribution in [2.45, 2.75) is 125 Å². The van der Waals surface area contributed by atoms with Crippen molar-refractivity contribution in [1.29, 1.82) is 0 Å². The molecule has 0 aliphatic rings. The minimum absolute atomic E-state index is 0. The fourth-order valence-electron chi connectivity index (χ4n) is 4.81. The van der Waals surface area contributed by atoms with E-state index in [1.54, 1.807) is 0 Å². The van der Waals surface area contributed by atoms with Crippen LogP contribution in [0.3, 0.4) is 0 Å². The van der Waals surface area contributed by atoms with Gasteiger partial charge in [0.2, 0.25) is 0 Å². The Balaban J connectivity index is 0.00000111. The normalized spacial score (nSPS) is 13.1. The van der Waals surface area contributed by atoms with Crippen molar-refractivity contribution in [2.75, 3.05) is 0 Å². The van der Waals surface area contributed by atoms with Crippen molar-refractivity contribution in [2.24, 2.45) is 0 Å². The Bertz CT molecular complexity index is 802. The van der Waals surface area contributed by atoms with Crippen LogP contribution >= 0.6 is 0 Å². The van der Waals surface area contributed by atoms with Crippen molar-refractivity contribution in [1.82, 2.24) is 0 Å². The van der Waals surface area contributed by atoms with E-state index in [2.05, 4.69) is 117 Å². The Morgan fingerprint density at radius 1 is 0.568 bits per heavy atom. The van der Waals surface area contributed by atoms with Crippen LogP contribution in [-0.2, 0) is 45.2 Å². The Labute approximate surface area is 245 Å². The maximum Gasteiger partial charge on any atom is 0 e. The van der Waals surface area contributed by atoms with Crippen molar-refractivity contribution in [3.8, 4) is 0 Å². The van der Waals surface area contributed by atoms with Gasteiger partial charge in [0.05, 0.1) is 0 Å². The minimum Gasteiger partial charge on any atom is -0.681 e. The van der Waals surface area contributed by atoms with Gasteiger partial charge in [-0.3, -0.25) is 0 Å². The van der Waals surface area contributed by atoms with Crippen molar-refractivity contribution in [3.05, 3.63) is 73.9 Å². The quantitative estimate of drug-likeness (QED) is 0.221. The minimum atomic E-state index is -1.11. The van der Waals surface area contributed by atoms with Crippen LogP contribution in [0.2, 0.25) is 39.3 Å². The van der Waals surface area contributed by atoms with Crippen LogP contribution in [0, 0.1) is 0 Å². The molecule has 0 amide bonds. The molecule has 0 aliphatic carbocycles. The zero-order chi connectivity index (χ0) is 27.5. The molecule has 0 heterocycles. The van der Waals surface area contributed by atoms with E-state index in [1.807, 2.05) is 0 Å². The number of hydrogen-bond donors (Lipinski definition) is 0. The van der Waals surface area contributed by atoms with Gasteiger partial charge in [0.1, 0.15) is 0 Å². The molecule has 2 atom stereocenters. The standard InChI is InChI=1S/C25H36N2.C6H18NSi2.Zn/c1-7-20-13-11-14-21(8-2)24(20)26-18(5)17-19(6)27-25-22(9-3)15-12-16-23(25)10-4;1-8(2,3)7-9(4,5)6;/h11-16,18-19H,7-10,17H2,1-6H3;1-6H3;/q-2;-1;. The molecule has 0 N–H and O–H groups in total. The molecule has 0 spiro atoms. The van der Waals surface area contributed by atoms with Crippen molar-refractivity contribution >= 4 is 27.8 Å². The third kappa shape index (κ3) is 13.6. The number of para-hydroxylation sites is 2. The summed E-state index contributed by atoms with van der Waals surface area (Å²) >= 11 is 0. The Hall–Kier alpha value is -0.943. The first-order chi connectivity index (χ1) is 16.7. The molecule has 2 unspecified atom stereocenters. The van der Waals surface area contributed by atoms with Crippen molar-refractivity contribution < 1.29 is 19.5 Å². The van der Waals surface area contributed by atoms with Gasteiger partial charge in [-0.25, -0.2) is 0 Å². The van der Waals surface area contributed by atoms with Crippen LogP contribution in [0.1, 0.15) is 70.2 Å². The summed E-state index contributed by atoms with van der Waals surface area (Å²) < 4.78 is 4.82. The monoisotopic (exact) mass is 588 g/mol. The molecule has 0 bridgehead atoms. The van der Waals surface area contributed by atoms with E-state index in [4.69, 9.17) is 15.3 Å². The second-order valence-corrected chi connectivity index (χ2v) is 21.5. The van der Waals surface area contributed by atoms with E-state index in [1.165, 1.54) is 33.6 Å². The number of aryl methyl sites for hydroxylation is 4. The van der Waals surface area contributed by atoms with Gasteiger partial charge in [-0.2, -0.15) is 0 Å². The van der Waals surface area contributed by atoms with Gasteiger partial charge >= 0.3 is 0 Å². The van der Waals surface area contributed by atoms with Gasteiger partial charge in [0, 0.05) is 19.5 Å². The van der Waals surface area contributed by atoms with Crippen LogP contribution in [0.4, 0.5) is 11.4 Å². The fraction of sp³-hybridized carbons (Fsp3) is 0.613. The number of rotatable bonds is 12. The molecule has 6 heteroatoms. The smallest absolute Gasteiger partial charge is 0 e. The maximum atomic E-state index is 5.11. The molecular weight excluding hydrogens is 536 g/mol. The molecule has 37 heavy (non-hydrogen) atoms. The molecule has 2 rings (SSSR count). The molecule has 2 aromatic rings. The van der Waals surface area contributed by atoms with Gasteiger partial charge in [-0.05, 0) is 25.7 Å². The molecule has 3 nitrogen and oxygen atoms in total. The zero-order valence-corrected chi connectivity index (χ0v) is 31.2. The van der Waals surface area contributed by atoms with Gasteiger partial charge in [0.25, 0.3) is 0 Å². The number of nitrogens with zero attached hydrogens (tertiary/aromatic N) is 3. The summed E-state index contributed by atoms with van der Waals surface area (Å²) in [4.78, 5) is 0. The first kappa shape index (κ1) is 36.1. The summed E-state index contributed by atoms with van der Waals surface area (Å²) in [6.07, 6.45) is 5.10. The molecule has 0 saturated carbocycles. The van der Waals surface area contributed by atoms with Crippen LogP contribution in [-0.4, -0.2) is 28.6 Å². The average molecular weight is 590 g/mol. The fourth-order valence-corrected chi connectivity index (χ4v) is 12.9. The molecule has 2 aromatic carbocycles. The van der Waals surface area contributed by atoms with Crippen LogP contribution in [0.25, 0.3) is 15.3 Å². The molecule has 0 aromatic heterocycles. The molecule has 0 aliphatic heterocycles. The van der Waals surface area contributed by atoms with E-state index in [9.17, 15) is 0 Å².